The number of nitrogens with zero attached hydrogens (tertiary/aromatic N) is 1. The lowest BCUT2D eigenvalue weighted by molar-refractivity contribution is 0.424. The molecule has 0 atom stereocenters. The maximum absolute atomic E-state index is 4.47. The molecule has 3 rings (SSSR count). The highest BCUT2D eigenvalue weighted by molar-refractivity contribution is 5.85. The van der Waals surface area contributed by atoms with Crippen LogP contribution in [0.15, 0.2) is 36.8 Å². The molecule has 1 aliphatic rings. The molecule has 0 bridgehead atoms. The summed E-state index contributed by atoms with van der Waals surface area (Å²) in [4.78, 5) is 7.55. The van der Waals surface area contributed by atoms with Crippen molar-refractivity contribution >= 4 is 12.4 Å². The molecular formula is C14H17ClN2. The topological polar surface area (TPSA) is 28.7 Å². The number of hydrogen-bond acceptors (Lipinski definition) is 1. The average molecular weight is 249 g/mol. The summed E-state index contributed by atoms with van der Waals surface area (Å²) in [5.41, 5.74) is 4.43. The Balaban J connectivity index is 0.00000108. The number of aromatic nitrogens is 2. The van der Waals surface area contributed by atoms with Gasteiger partial charge in [-0.05, 0) is 30.4 Å². The first kappa shape index (κ1) is 12.2. The fraction of sp³-hybridized carbons (Fsp3) is 0.357. The van der Waals surface area contributed by atoms with E-state index >= 15 is 0 Å². The lowest BCUT2D eigenvalue weighted by Crippen LogP contribution is -2.26. The standard InChI is InChI=1S/C14H16N2.ClH/c1-2-14(13-9-15-10-16-13)7-11-5-3-4-6-12(11)8-14;/h3-6,9-10H,2,7-8H2,1H3,(H,15,16);1H. The second-order valence-electron chi connectivity index (χ2n) is 4.71. The Morgan fingerprint density at radius 1 is 1.24 bits per heavy atom. The molecule has 1 aliphatic carbocycles. The highest BCUT2D eigenvalue weighted by Gasteiger charge is 2.38. The zero-order chi connectivity index (χ0) is 11.0. The average Bonchev–Trinajstić information content (AvgIpc) is 2.96. The minimum absolute atomic E-state index is 0. The molecule has 0 spiro atoms. The number of benzene rings is 1. The second kappa shape index (κ2) is 4.53. The van der Waals surface area contributed by atoms with Gasteiger partial charge in [-0.3, -0.25) is 0 Å². The first-order chi connectivity index (χ1) is 7.84. The zero-order valence-corrected chi connectivity index (χ0v) is 10.8. The van der Waals surface area contributed by atoms with E-state index in [4.69, 9.17) is 0 Å². The summed E-state index contributed by atoms with van der Waals surface area (Å²) >= 11 is 0. The molecule has 1 aromatic carbocycles. The number of H-pyrrole nitrogens is 1. The minimum Gasteiger partial charge on any atom is -0.351 e. The fourth-order valence-electron chi connectivity index (χ4n) is 2.86. The summed E-state index contributed by atoms with van der Waals surface area (Å²) in [6, 6.07) is 8.77. The Labute approximate surface area is 108 Å². The first-order valence-corrected chi connectivity index (χ1v) is 5.90. The third kappa shape index (κ3) is 1.87. The largest absolute Gasteiger partial charge is 0.351 e. The molecule has 0 unspecified atom stereocenters. The number of aromatic amines is 1. The SMILES string of the molecule is CCC1(c2c[nH]cn2)Cc2ccccc2C1.Cl. The number of fused-ring (bicyclic) bond motifs is 1. The van der Waals surface area contributed by atoms with E-state index in [2.05, 4.69) is 47.4 Å². The molecule has 0 amide bonds. The molecular weight excluding hydrogens is 232 g/mol. The van der Waals surface area contributed by atoms with E-state index in [1.54, 1.807) is 6.33 Å². The molecule has 0 aliphatic heterocycles. The van der Waals surface area contributed by atoms with Gasteiger partial charge in [0.15, 0.2) is 0 Å². The van der Waals surface area contributed by atoms with Gasteiger partial charge in [0, 0.05) is 11.6 Å². The van der Waals surface area contributed by atoms with E-state index in [0.29, 0.717) is 0 Å². The van der Waals surface area contributed by atoms with Gasteiger partial charge in [0.1, 0.15) is 0 Å². The van der Waals surface area contributed by atoms with Crippen LogP contribution in [-0.2, 0) is 18.3 Å². The molecule has 3 heteroatoms. The summed E-state index contributed by atoms with van der Waals surface area (Å²) in [5.74, 6) is 0. The Bertz CT molecular complexity index is 466. The van der Waals surface area contributed by atoms with Crippen molar-refractivity contribution in [2.45, 2.75) is 31.6 Å². The van der Waals surface area contributed by atoms with Gasteiger partial charge in [0.25, 0.3) is 0 Å². The van der Waals surface area contributed by atoms with Gasteiger partial charge in [-0.25, -0.2) is 4.98 Å². The summed E-state index contributed by atoms with van der Waals surface area (Å²) in [6.45, 7) is 2.26. The van der Waals surface area contributed by atoms with Crippen LogP contribution in [0.25, 0.3) is 0 Å². The Morgan fingerprint density at radius 3 is 2.35 bits per heavy atom. The van der Waals surface area contributed by atoms with Crippen LogP contribution in [0.2, 0.25) is 0 Å². The minimum atomic E-state index is 0. The Hall–Kier alpha value is -1.28. The monoisotopic (exact) mass is 248 g/mol. The highest BCUT2D eigenvalue weighted by Crippen LogP contribution is 2.41. The molecule has 2 nitrogen and oxygen atoms in total. The third-order valence-corrected chi connectivity index (χ3v) is 3.89. The molecule has 0 radical (unpaired) electrons. The summed E-state index contributed by atoms with van der Waals surface area (Å²) in [7, 11) is 0. The molecule has 0 fully saturated rings. The summed E-state index contributed by atoms with van der Waals surface area (Å²) < 4.78 is 0. The summed E-state index contributed by atoms with van der Waals surface area (Å²) in [5, 5.41) is 0. The number of hydrogen-bond donors (Lipinski definition) is 1. The van der Waals surface area contributed by atoms with Gasteiger partial charge in [-0.15, -0.1) is 12.4 Å². The lowest BCUT2D eigenvalue weighted by atomic mass is 9.79. The van der Waals surface area contributed by atoms with Gasteiger partial charge >= 0.3 is 0 Å². The molecule has 90 valence electrons. The molecule has 1 N–H and O–H groups in total. The lowest BCUT2D eigenvalue weighted by Gasteiger charge is -2.25. The molecule has 1 aromatic heterocycles. The van der Waals surface area contributed by atoms with E-state index < -0.39 is 0 Å². The van der Waals surface area contributed by atoms with Gasteiger partial charge in [0.05, 0.1) is 12.0 Å². The molecule has 2 aromatic rings. The maximum atomic E-state index is 4.47. The van der Waals surface area contributed by atoms with Crippen molar-refractivity contribution in [3.63, 3.8) is 0 Å². The Kier molecular flexibility index (Phi) is 3.25. The van der Waals surface area contributed by atoms with E-state index in [9.17, 15) is 0 Å². The normalized spacial score (nSPS) is 16.3. The van der Waals surface area contributed by atoms with E-state index in [1.165, 1.54) is 16.8 Å². The van der Waals surface area contributed by atoms with Crippen molar-refractivity contribution in [1.82, 2.24) is 9.97 Å². The van der Waals surface area contributed by atoms with E-state index in [1.807, 2.05) is 0 Å². The highest BCUT2D eigenvalue weighted by atomic mass is 35.5. The smallest absolute Gasteiger partial charge is 0.0923 e. The van der Waals surface area contributed by atoms with Crippen LogP contribution in [0.3, 0.4) is 0 Å². The third-order valence-electron chi connectivity index (χ3n) is 3.89. The van der Waals surface area contributed by atoms with Gasteiger partial charge < -0.3 is 4.98 Å². The molecule has 0 saturated heterocycles. The van der Waals surface area contributed by atoms with Crippen molar-refractivity contribution in [2.24, 2.45) is 0 Å². The predicted molar refractivity (Wildman–Crippen MR) is 71.7 cm³/mol. The van der Waals surface area contributed by atoms with Crippen molar-refractivity contribution < 1.29 is 0 Å². The molecule has 17 heavy (non-hydrogen) atoms. The van der Waals surface area contributed by atoms with Crippen molar-refractivity contribution in [1.29, 1.82) is 0 Å². The maximum Gasteiger partial charge on any atom is 0.0923 e. The van der Waals surface area contributed by atoms with Crippen LogP contribution in [0.4, 0.5) is 0 Å². The number of imidazole rings is 1. The van der Waals surface area contributed by atoms with Gasteiger partial charge in [-0.2, -0.15) is 0 Å². The zero-order valence-electron chi connectivity index (χ0n) is 9.94. The van der Waals surface area contributed by atoms with Crippen LogP contribution >= 0.6 is 12.4 Å². The second-order valence-corrected chi connectivity index (χ2v) is 4.71. The Morgan fingerprint density at radius 2 is 1.88 bits per heavy atom. The number of rotatable bonds is 2. The molecule has 1 heterocycles. The predicted octanol–water partition coefficient (Wildman–Crippen LogP) is 3.28. The van der Waals surface area contributed by atoms with E-state index in [-0.39, 0.29) is 17.8 Å². The van der Waals surface area contributed by atoms with Crippen molar-refractivity contribution in [3.8, 4) is 0 Å². The summed E-state index contributed by atoms with van der Waals surface area (Å²) in [6.07, 6.45) is 7.24. The van der Waals surface area contributed by atoms with Gasteiger partial charge in [-0.1, -0.05) is 31.2 Å². The molecule has 0 saturated carbocycles. The number of halogens is 1. The van der Waals surface area contributed by atoms with Crippen molar-refractivity contribution in [3.05, 3.63) is 53.6 Å². The van der Waals surface area contributed by atoms with Crippen LogP contribution < -0.4 is 0 Å². The van der Waals surface area contributed by atoms with E-state index in [0.717, 1.165) is 19.3 Å². The van der Waals surface area contributed by atoms with Crippen LogP contribution in [0.1, 0.15) is 30.2 Å². The quantitative estimate of drug-likeness (QED) is 0.868. The van der Waals surface area contributed by atoms with Crippen molar-refractivity contribution in [2.75, 3.05) is 0 Å². The fourth-order valence-corrected chi connectivity index (χ4v) is 2.86. The number of nitrogens with one attached hydrogen (secondary N) is 1. The first-order valence-electron chi connectivity index (χ1n) is 5.90. The van der Waals surface area contributed by atoms with Gasteiger partial charge in [0.2, 0.25) is 0 Å². The van der Waals surface area contributed by atoms with Crippen LogP contribution in [-0.4, -0.2) is 9.97 Å². The van der Waals surface area contributed by atoms with Crippen LogP contribution in [0, 0.1) is 0 Å². The van der Waals surface area contributed by atoms with Crippen LogP contribution in [0.5, 0.6) is 0 Å².